The average molecular weight is 468 g/mol. The maximum absolute atomic E-state index is 11.7. The molecule has 1 aromatic heterocycles. The van der Waals surface area contributed by atoms with Crippen LogP contribution in [0.2, 0.25) is 0 Å². The molecular weight excluding hydrogens is 453 g/mol. The van der Waals surface area contributed by atoms with Gasteiger partial charge in [0.1, 0.15) is 18.3 Å². The first-order valence-corrected chi connectivity index (χ1v) is 11.6. The highest BCUT2D eigenvalue weighted by Gasteiger charge is 2.46. The Bertz CT molecular complexity index is 898. The van der Waals surface area contributed by atoms with Gasteiger partial charge in [0.2, 0.25) is 0 Å². The Morgan fingerprint density at radius 3 is 2.29 bits per heavy atom. The summed E-state index contributed by atoms with van der Waals surface area (Å²) in [6.45, 7) is -0.993. The molecule has 1 fully saturated rings. The van der Waals surface area contributed by atoms with Crippen LogP contribution in [0.3, 0.4) is 0 Å². The lowest BCUT2D eigenvalue weighted by molar-refractivity contribution is -0.0541. The van der Waals surface area contributed by atoms with Gasteiger partial charge in [0.05, 0.1) is 6.61 Å². The van der Waals surface area contributed by atoms with Crippen molar-refractivity contribution in [1.29, 1.82) is 0 Å². The first kappa shape index (κ1) is 23.4. The van der Waals surface area contributed by atoms with E-state index in [4.69, 9.17) is 19.4 Å². The third-order valence-corrected chi connectivity index (χ3v) is 6.97. The second-order valence-electron chi connectivity index (χ2n) is 5.24. The van der Waals surface area contributed by atoms with E-state index < -0.39 is 60.3 Å². The molecule has 6 N–H and O–H groups in total. The molecule has 1 aliphatic heterocycles. The van der Waals surface area contributed by atoms with Crippen molar-refractivity contribution in [2.75, 3.05) is 6.61 Å². The van der Waals surface area contributed by atoms with E-state index in [9.17, 15) is 33.6 Å². The first-order valence-electron chi connectivity index (χ1n) is 7.04. The van der Waals surface area contributed by atoms with Gasteiger partial charge >= 0.3 is 29.2 Å². The lowest BCUT2D eigenvalue weighted by atomic mass is 10.1. The largest absolute Gasteiger partial charge is 0.490 e. The molecule has 0 bridgehead atoms. The molecule has 160 valence electrons. The summed E-state index contributed by atoms with van der Waals surface area (Å²) in [5, 5.41) is 19.9. The fourth-order valence-electron chi connectivity index (χ4n) is 2.13. The number of aromatic nitrogens is 2. The van der Waals surface area contributed by atoms with E-state index in [0.717, 1.165) is 4.57 Å². The van der Waals surface area contributed by atoms with Gasteiger partial charge in [0, 0.05) is 12.4 Å². The van der Waals surface area contributed by atoms with Gasteiger partial charge in [0.25, 0.3) is 0 Å². The maximum Gasteiger partial charge on any atom is 0.490 e. The number of aliphatic hydroxyl groups excluding tert-OH is 2. The van der Waals surface area contributed by atoms with Gasteiger partial charge in [-0.2, -0.15) is 8.62 Å². The van der Waals surface area contributed by atoms with E-state index in [1.165, 1.54) is 18.5 Å². The Kier molecular flexibility index (Phi) is 7.12. The quantitative estimate of drug-likeness (QED) is 0.231. The Balaban J connectivity index is 2.03. The van der Waals surface area contributed by atoms with Crippen LogP contribution in [0.25, 0.3) is 0 Å². The number of phosphoric ester groups is 1. The van der Waals surface area contributed by atoms with Crippen LogP contribution in [0, 0.1) is 0 Å². The third kappa shape index (κ3) is 6.34. The molecule has 0 aromatic carbocycles. The number of rotatable bonds is 8. The number of ether oxygens (including phenoxy) is 1. The molecule has 1 saturated heterocycles. The highest BCUT2D eigenvalue weighted by atomic mass is 31.3. The van der Waals surface area contributed by atoms with Crippen molar-refractivity contribution in [2.45, 2.75) is 24.5 Å². The van der Waals surface area contributed by atoms with Gasteiger partial charge in [-0.25, -0.2) is 23.5 Å². The van der Waals surface area contributed by atoms with E-state index in [2.05, 4.69) is 18.1 Å². The van der Waals surface area contributed by atoms with Crippen molar-refractivity contribution in [3.8, 4) is 0 Å². The average Bonchev–Trinajstić information content (AvgIpc) is 2.78. The van der Waals surface area contributed by atoms with Crippen molar-refractivity contribution >= 4 is 23.5 Å². The van der Waals surface area contributed by atoms with E-state index in [0.29, 0.717) is 0 Å². The fourth-order valence-corrected chi connectivity index (χ4v) is 5.16. The number of hydrogen-bond acceptors (Lipinski definition) is 11. The molecule has 3 unspecified atom stereocenters. The summed E-state index contributed by atoms with van der Waals surface area (Å²) in [5.41, 5.74) is -0.827. The minimum atomic E-state index is -5.70. The molecule has 19 heteroatoms. The summed E-state index contributed by atoms with van der Waals surface area (Å²) in [4.78, 5) is 50.3. The summed E-state index contributed by atoms with van der Waals surface area (Å²) < 4.78 is 50.8. The number of nitrogens with zero attached hydrogens (tertiary/aromatic N) is 2. The molecule has 0 saturated carbocycles. The minimum absolute atomic E-state index is 0.827. The van der Waals surface area contributed by atoms with Crippen LogP contribution >= 0.6 is 23.5 Å². The van der Waals surface area contributed by atoms with E-state index >= 15 is 0 Å². The smallest absolute Gasteiger partial charge is 0.387 e. The van der Waals surface area contributed by atoms with Crippen molar-refractivity contribution in [1.82, 2.24) is 9.55 Å². The molecule has 0 aliphatic carbocycles. The molecule has 1 aliphatic rings. The van der Waals surface area contributed by atoms with Crippen molar-refractivity contribution < 1.29 is 61.4 Å². The molecular formula is C9H15N2O14P3. The molecule has 2 heterocycles. The molecule has 28 heavy (non-hydrogen) atoms. The SMILES string of the molecule is O=c1ncccn1[C@@H]1O[C@H](COP(=O)(O)OP(=O)(O)OP(=O)(O)O)[C@H](O)C1O. The van der Waals surface area contributed by atoms with Gasteiger partial charge < -0.3 is 34.5 Å². The number of hydrogen-bond donors (Lipinski definition) is 6. The van der Waals surface area contributed by atoms with E-state index in [1.54, 1.807) is 0 Å². The normalized spacial score (nSPS) is 29.9. The topological polar surface area (TPSA) is 244 Å². The van der Waals surface area contributed by atoms with Crippen LogP contribution in [0.15, 0.2) is 23.3 Å². The van der Waals surface area contributed by atoms with Crippen LogP contribution < -0.4 is 5.69 Å². The Hall–Kier alpha value is -0.830. The zero-order valence-electron chi connectivity index (χ0n) is 13.4. The molecule has 2 rings (SSSR count). The number of phosphoric acid groups is 3. The van der Waals surface area contributed by atoms with Crippen molar-refractivity contribution in [3.05, 3.63) is 28.9 Å². The van der Waals surface area contributed by atoms with Gasteiger partial charge in [-0.3, -0.25) is 9.09 Å². The zero-order chi connectivity index (χ0) is 21.3. The fraction of sp³-hybridized carbons (Fsp3) is 0.556. The Labute approximate surface area is 155 Å². The van der Waals surface area contributed by atoms with Crippen LogP contribution in [-0.4, -0.2) is 64.3 Å². The van der Waals surface area contributed by atoms with Gasteiger partial charge in [-0.15, -0.1) is 0 Å². The molecule has 0 radical (unpaired) electrons. The van der Waals surface area contributed by atoms with Gasteiger partial charge in [-0.1, -0.05) is 0 Å². The highest BCUT2D eigenvalue weighted by molar-refractivity contribution is 7.66. The molecule has 1 aromatic rings. The van der Waals surface area contributed by atoms with Crippen LogP contribution in [0.4, 0.5) is 0 Å². The predicted octanol–water partition coefficient (Wildman–Crippen LogP) is -1.79. The van der Waals surface area contributed by atoms with Crippen molar-refractivity contribution in [3.63, 3.8) is 0 Å². The second-order valence-corrected chi connectivity index (χ2v) is 9.66. The molecule has 0 amide bonds. The predicted molar refractivity (Wildman–Crippen MR) is 84.2 cm³/mol. The summed E-state index contributed by atoms with van der Waals surface area (Å²) in [6, 6.07) is 1.34. The molecule has 0 spiro atoms. The summed E-state index contributed by atoms with van der Waals surface area (Å²) in [7, 11) is -16.7. The van der Waals surface area contributed by atoms with Gasteiger partial charge in [-0.05, 0) is 6.07 Å². The third-order valence-electron chi connectivity index (χ3n) is 3.17. The van der Waals surface area contributed by atoms with Gasteiger partial charge in [0.15, 0.2) is 6.23 Å². The summed E-state index contributed by atoms with van der Waals surface area (Å²) >= 11 is 0. The lowest BCUT2D eigenvalue weighted by Gasteiger charge is -2.19. The van der Waals surface area contributed by atoms with Crippen LogP contribution in [0.1, 0.15) is 6.23 Å². The second kappa shape index (κ2) is 8.50. The molecule has 16 nitrogen and oxygen atoms in total. The minimum Gasteiger partial charge on any atom is -0.387 e. The standard InChI is InChI=1S/C9H15N2O14P3/c12-6-5(23-8(7(6)13)11-3-1-2-10-9(11)14)4-22-27(18,19)25-28(20,21)24-26(15,16)17/h1-3,5-8,12-13H,4H2,(H,18,19)(H,20,21)(H2,15,16,17)/t5-,6+,7?,8-/m1/s1. The summed E-state index contributed by atoms with van der Waals surface area (Å²) in [5.74, 6) is 0. The lowest BCUT2D eigenvalue weighted by Crippen LogP contribution is -2.35. The van der Waals surface area contributed by atoms with Crippen LogP contribution in [0.5, 0.6) is 0 Å². The van der Waals surface area contributed by atoms with Crippen LogP contribution in [-0.2, 0) is 31.6 Å². The molecule has 6 atom stereocenters. The zero-order valence-corrected chi connectivity index (χ0v) is 16.1. The van der Waals surface area contributed by atoms with Crippen molar-refractivity contribution in [2.24, 2.45) is 0 Å². The monoisotopic (exact) mass is 468 g/mol. The Morgan fingerprint density at radius 2 is 1.71 bits per heavy atom. The highest BCUT2D eigenvalue weighted by Crippen LogP contribution is 2.66. The Morgan fingerprint density at radius 1 is 1.07 bits per heavy atom. The first-order chi connectivity index (χ1) is 12.7. The van der Waals surface area contributed by atoms with E-state index in [1.807, 2.05) is 0 Å². The van der Waals surface area contributed by atoms with E-state index in [-0.39, 0.29) is 0 Å². The maximum atomic E-state index is 11.7. The number of aliphatic hydroxyl groups is 2. The summed E-state index contributed by atoms with van der Waals surface area (Å²) in [6.07, 6.45) is -3.95.